The van der Waals surface area contributed by atoms with Crippen LogP contribution in [0.3, 0.4) is 0 Å². The highest BCUT2D eigenvalue weighted by Crippen LogP contribution is 2.29. The van der Waals surface area contributed by atoms with Crippen molar-refractivity contribution < 1.29 is 24.6 Å². The van der Waals surface area contributed by atoms with Crippen LogP contribution in [0.4, 0.5) is 0 Å². The molecule has 6 heteroatoms. The molecule has 1 saturated heterocycles. The molecule has 0 spiro atoms. The maximum absolute atomic E-state index is 9.47. The number of hydrogen-bond acceptors (Lipinski definition) is 6. The van der Waals surface area contributed by atoms with Gasteiger partial charge in [0.1, 0.15) is 24.0 Å². The average molecular weight is 201 g/mol. The van der Waals surface area contributed by atoms with Gasteiger partial charge in [0.15, 0.2) is 5.76 Å². The first-order chi connectivity index (χ1) is 6.72. The fourth-order valence-corrected chi connectivity index (χ4v) is 1.39. The largest absolute Gasteiger partial charge is 0.390 e. The van der Waals surface area contributed by atoms with Gasteiger partial charge >= 0.3 is 0 Å². The van der Waals surface area contributed by atoms with Crippen LogP contribution in [0.2, 0.25) is 0 Å². The van der Waals surface area contributed by atoms with Gasteiger partial charge in [0.25, 0.3) is 0 Å². The summed E-state index contributed by atoms with van der Waals surface area (Å²) in [5, 5.41) is 31.0. The van der Waals surface area contributed by atoms with E-state index < -0.39 is 18.3 Å². The fraction of sp³-hybridized carbons (Fsp3) is 0.625. The molecule has 1 aromatic rings. The minimum Gasteiger partial charge on any atom is -0.390 e. The van der Waals surface area contributed by atoms with E-state index in [0.717, 1.165) is 0 Å². The molecule has 0 aliphatic carbocycles. The summed E-state index contributed by atoms with van der Waals surface area (Å²) in [7, 11) is 0. The van der Waals surface area contributed by atoms with E-state index in [4.69, 9.17) is 14.4 Å². The number of aliphatic hydroxyl groups excluding tert-OH is 3. The minimum atomic E-state index is -1.01. The van der Waals surface area contributed by atoms with Gasteiger partial charge in [-0.15, -0.1) is 0 Å². The van der Waals surface area contributed by atoms with Crippen LogP contribution in [0.15, 0.2) is 10.6 Å². The highest BCUT2D eigenvalue weighted by atomic mass is 16.6. The first-order valence-corrected chi connectivity index (χ1v) is 4.26. The van der Waals surface area contributed by atoms with Crippen LogP contribution >= 0.6 is 0 Å². The molecule has 14 heavy (non-hydrogen) atoms. The van der Waals surface area contributed by atoms with Gasteiger partial charge < -0.3 is 24.6 Å². The Morgan fingerprint density at radius 2 is 2.29 bits per heavy atom. The van der Waals surface area contributed by atoms with Crippen molar-refractivity contribution >= 4 is 0 Å². The van der Waals surface area contributed by atoms with Gasteiger partial charge in [-0.05, 0) is 0 Å². The van der Waals surface area contributed by atoms with Crippen molar-refractivity contribution in [2.24, 2.45) is 0 Å². The number of aliphatic hydroxyl groups is 3. The molecular weight excluding hydrogens is 190 g/mol. The Hall–Kier alpha value is -0.950. The molecule has 3 N–H and O–H groups in total. The first kappa shape index (κ1) is 9.60. The summed E-state index contributed by atoms with van der Waals surface area (Å²) in [6.45, 7) is -0.157. The lowest BCUT2D eigenvalue weighted by atomic mass is 10.1. The lowest BCUT2D eigenvalue weighted by molar-refractivity contribution is 0.00914. The van der Waals surface area contributed by atoms with Gasteiger partial charge in [0.05, 0.1) is 13.2 Å². The quantitative estimate of drug-likeness (QED) is 0.565. The molecule has 0 bridgehead atoms. The molecule has 0 saturated carbocycles. The number of nitrogens with zero attached hydrogens (tertiary/aromatic N) is 1. The number of ether oxygens (including phenoxy) is 1. The second kappa shape index (κ2) is 3.66. The highest BCUT2D eigenvalue weighted by molar-refractivity contribution is 5.10. The smallest absolute Gasteiger partial charge is 0.168 e. The van der Waals surface area contributed by atoms with Crippen molar-refractivity contribution in [1.82, 2.24) is 5.16 Å². The third-order valence-corrected chi connectivity index (χ3v) is 2.17. The molecule has 3 unspecified atom stereocenters. The van der Waals surface area contributed by atoms with Crippen LogP contribution < -0.4 is 0 Å². The van der Waals surface area contributed by atoms with Crippen LogP contribution in [-0.2, 0) is 11.3 Å². The van der Waals surface area contributed by atoms with E-state index in [1.54, 1.807) is 0 Å². The van der Waals surface area contributed by atoms with Crippen molar-refractivity contribution in [3.05, 3.63) is 17.5 Å². The molecular formula is C8H11NO5. The lowest BCUT2D eigenvalue weighted by Crippen LogP contribution is -2.24. The van der Waals surface area contributed by atoms with E-state index in [0.29, 0.717) is 11.5 Å². The molecule has 1 aliphatic rings. The number of hydrogen-bond donors (Lipinski definition) is 3. The molecule has 0 aromatic carbocycles. The Labute approximate surface area is 79.7 Å². The molecule has 6 nitrogen and oxygen atoms in total. The summed E-state index contributed by atoms with van der Waals surface area (Å²) >= 11 is 0. The van der Waals surface area contributed by atoms with Gasteiger partial charge in [0.2, 0.25) is 0 Å². The van der Waals surface area contributed by atoms with Crippen molar-refractivity contribution in [2.45, 2.75) is 24.9 Å². The maximum Gasteiger partial charge on any atom is 0.168 e. The van der Waals surface area contributed by atoms with E-state index in [1.807, 2.05) is 0 Å². The van der Waals surface area contributed by atoms with E-state index in [9.17, 15) is 10.2 Å². The summed E-state index contributed by atoms with van der Waals surface area (Å²) in [5.41, 5.74) is 0.372. The molecule has 3 atom stereocenters. The summed E-state index contributed by atoms with van der Waals surface area (Å²) in [6.07, 6.45) is -2.60. The zero-order valence-corrected chi connectivity index (χ0v) is 7.33. The normalized spacial score (nSPS) is 32.4. The Bertz CT molecular complexity index is 312. The van der Waals surface area contributed by atoms with Gasteiger partial charge in [-0.2, -0.15) is 0 Å². The van der Waals surface area contributed by atoms with Crippen LogP contribution in [0.25, 0.3) is 0 Å². The molecule has 2 rings (SSSR count). The third-order valence-electron chi connectivity index (χ3n) is 2.17. The Balaban J connectivity index is 2.15. The van der Waals surface area contributed by atoms with Crippen LogP contribution in [0, 0.1) is 0 Å². The molecule has 78 valence electrons. The average Bonchev–Trinajstić information content (AvgIpc) is 2.75. The van der Waals surface area contributed by atoms with Crippen LogP contribution in [0.1, 0.15) is 17.6 Å². The Morgan fingerprint density at radius 1 is 1.50 bits per heavy atom. The van der Waals surface area contributed by atoms with E-state index >= 15 is 0 Å². The molecule has 1 aromatic heterocycles. The Morgan fingerprint density at radius 3 is 2.79 bits per heavy atom. The van der Waals surface area contributed by atoms with Crippen molar-refractivity contribution in [3.8, 4) is 0 Å². The topological polar surface area (TPSA) is 96.0 Å². The summed E-state index contributed by atoms with van der Waals surface area (Å²) in [6, 6.07) is 1.49. The van der Waals surface area contributed by atoms with E-state index in [1.165, 1.54) is 6.07 Å². The zero-order valence-electron chi connectivity index (χ0n) is 7.33. The van der Waals surface area contributed by atoms with Gasteiger partial charge in [0, 0.05) is 6.07 Å². The highest BCUT2D eigenvalue weighted by Gasteiger charge is 2.38. The zero-order chi connectivity index (χ0) is 10.1. The van der Waals surface area contributed by atoms with Crippen LogP contribution in [-0.4, -0.2) is 39.3 Å². The van der Waals surface area contributed by atoms with Crippen LogP contribution in [0.5, 0.6) is 0 Å². The van der Waals surface area contributed by atoms with Crippen molar-refractivity contribution in [3.63, 3.8) is 0 Å². The summed E-state index contributed by atoms with van der Waals surface area (Å²) in [5.74, 6) is 0.318. The van der Waals surface area contributed by atoms with Gasteiger partial charge in [-0.25, -0.2) is 0 Å². The first-order valence-electron chi connectivity index (χ1n) is 4.26. The molecule has 0 radical (unpaired) electrons. The second-order valence-electron chi connectivity index (χ2n) is 3.19. The fourth-order valence-electron chi connectivity index (χ4n) is 1.39. The standard InChI is InChI=1S/C8H11NO5/c10-2-4-1-6(14-9-4)8-7(12)5(11)3-13-8/h1,5,7-8,10-12H,2-3H2. The monoisotopic (exact) mass is 201 g/mol. The lowest BCUT2D eigenvalue weighted by Gasteiger charge is -2.10. The third kappa shape index (κ3) is 1.53. The Kier molecular flexibility index (Phi) is 2.51. The molecule has 0 amide bonds. The van der Waals surface area contributed by atoms with Crippen molar-refractivity contribution in [1.29, 1.82) is 0 Å². The maximum atomic E-state index is 9.47. The molecule has 1 fully saturated rings. The minimum absolute atomic E-state index is 0.0704. The second-order valence-corrected chi connectivity index (χ2v) is 3.19. The summed E-state index contributed by atoms with van der Waals surface area (Å²) in [4.78, 5) is 0. The summed E-state index contributed by atoms with van der Waals surface area (Å²) < 4.78 is 9.96. The number of aromatic nitrogens is 1. The SMILES string of the molecule is OCc1cc(C2OCC(O)C2O)on1. The van der Waals surface area contributed by atoms with E-state index in [2.05, 4.69) is 5.16 Å². The molecule has 2 heterocycles. The van der Waals surface area contributed by atoms with Crippen molar-refractivity contribution in [2.75, 3.05) is 6.61 Å². The van der Waals surface area contributed by atoms with Gasteiger partial charge in [-0.3, -0.25) is 0 Å². The predicted molar refractivity (Wildman–Crippen MR) is 43.1 cm³/mol. The van der Waals surface area contributed by atoms with Gasteiger partial charge in [-0.1, -0.05) is 5.16 Å². The molecule has 1 aliphatic heterocycles. The van der Waals surface area contributed by atoms with E-state index in [-0.39, 0.29) is 13.2 Å². The predicted octanol–water partition coefficient (Wildman–Crippen LogP) is -1.04. The number of rotatable bonds is 2.